The van der Waals surface area contributed by atoms with Crippen LogP contribution >= 0.6 is 0 Å². The quantitative estimate of drug-likeness (QED) is 0.525. The summed E-state index contributed by atoms with van der Waals surface area (Å²) in [5.74, 6) is 0.233. The molecule has 0 amide bonds. The maximum Gasteiger partial charge on any atom is 0.147 e. The molecule has 6 heteroatoms. The molecule has 0 aliphatic heterocycles. The van der Waals surface area contributed by atoms with E-state index in [0.29, 0.717) is 26.1 Å². The Bertz CT molecular complexity index is 255. The fraction of sp³-hybridized carbons (Fsp3) is 1.00. The summed E-state index contributed by atoms with van der Waals surface area (Å²) < 4.78 is 26.9. The molecule has 16 heavy (non-hydrogen) atoms. The standard InChI is InChI=1S/C10H24N2O3S/c1-15-9-10(5-3-6-11)12-7-4-8-16(2,13)14/h10,12H,3-9,11H2,1-2H3. The van der Waals surface area contributed by atoms with Gasteiger partial charge in [-0.3, -0.25) is 0 Å². The Labute approximate surface area is 98.7 Å². The number of rotatable bonds is 10. The fourth-order valence-electron chi connectivity index (χ4n) is 1.45. The van der Waals surface area contributed by atoms with E-state index in [-0.39, 0.29) is 11.8 Å². The lowest BCUT2D eigenvalue weighted by Gasteiger charge is -2.17. The molecule has 0 aliphatic rings. The summed E-state index contributed by atoms with van der Waals surface area (Å²) in [7, 11) is -1.18. The average molecular weight is 252 g/mol. The summed E-state index contributed by atoms with van der Waals surface area (Å²) >= 11 is 0. The van der Waals surface area contributed by atoms with Gasteiger partial charge in [0.25, 0.3) is 0 Å². The molecule has 0 radical (unpaired) electrons. The number of hydrogen-bond donors (Lipinski definition) is 2. The normalized spacial score (nSPS) is 13.9. The minimum atomic E-state index is -2.84. The topological polar surface area (TPSA) is 81.4 Å². The van der Waals surface area contributed by atoms with Gasteiger partial charge < -0.3 is 15.8 Å². The van der Waals surface area contributed by atoms with Gasteiger partial charge in [-0.2, -0.15) is 0 Å². The lowest BCUT2D eigenvalue weighted by atomic mass is 10.1. The highest BCUT2D eigenvalue weighted by Crippen LogP contribution is 1.97. The molecule has 0 aromatic carbocycles. The van der Waals surface area contributed by atoms with E-state index in [0.717, 1.165) is 12.8 Å². The third-order valence-electron chi connectivity index (χ3n) is 2.25. The van der Waals surface area contributed by atoms with Crippen molar-refractivity contribution >= 4 is 9.84 Å². The Kier molecular flexibility index (Phi) is 8.83. The summed E-state index contributed by atoms with van der Waals surface area (Å²) in [5.41, 5.74) is 5.44. The zero-order chi connectivity index (χ0) is 12.4. The molecule has 5 nitrogen and oxygen atoms in total. The van der Waals surface area contributed by atoms with Crippen molar-refractivity contribution < 1.29 is 13.2 Å². The highest BCUT2D eigenvalue weighted by atomic mass is 32.2. The second-order valence-electron chi connectivity index (χ2n) is 4.02. The summed E-state index contributed by atoms with van der Waals surface area (Å²) in [6.45, 7) is 2.01. The number of hydrogen-bond acceptors (Lipinski definition) is 5. The van der Waals surface area contributed by atoms with Crippen LogP contribution in [0.2, 0.25) is 0 Å². The molecule has 0 bridgehead atoms. The van der Waals surface area contributed by atoms with Gasteiger partial charge in [-0.25, -0.2) is 8.42 Å². The van der Waals surface area contributed by atoms with Gasteiger partial charge in [0.2, 0.25) is 0 Å². The number of nitrogens with one attached hydrogen (secondary N) is 1. The molecule has 1 atom stereocenters. The Morgan fingerprint density at radius 3 is 2.56 bits per heavy atom. The molecular formula is C10H24N2O3S. The van der Waals surface area contributed by atoms with Crippen LogP contribution in [-0.4, -0.2) is 53.3 Å². The van der Waals surface area contributed by atoms with E-state index in [1.54, 1.807) is 7.11 Å². The first-order valence-electron chi connectivity index (χ1n) is 5.59. The predicted octanol–water partition coefficient (Wildman–Crippen LogP) is -0.235. The van der Waals surface area contributed by atoms with Crippen LogP contribution in [0.1, 0.15) is 19.3 Å². The zero-order valence-electron chi connectivity index (χ0n) is 10.2. The Morgan fingerprint density at radius 2 is 2.06 bits per heavy atom. The van der Waals surface area contributed by atoms with Crippen molar-refractivity contribution in [1.82, 2.24) is 5.32 Å². The van der Waals surface area contributed by atoms with E-state index in [1.807, 2.05) is 0 Å². The van der Waals surface area contributed by atoms with E-state index in [2.05, 4.69) is 5.32 Å². The van der Waals surface area contributed by atoms with Gasteiger partial charge in [0.1, 0.15) is 9.84 Å². The minimum Gasteiger partial charge on any atom is -0.383 e. The molecule has 98 valence electrons. The first kappa shape index (κ1) is 15.8. The summed E-state index contributed by atoms with van der Waals surface area (Å²) in [4.78, 5) is 0. The second-order valence-corrected chi connectivity index (χ2v) is 6.28. The third-order valence-corrected chi connectivity index (χ3v) is 3.28. The molecule has 0 saturated heterocycles. The van der Waals surface area contributed by atoms with E-state index < -0.39 is 9.84 Å². The van der Waals surface area contributed by atoms with Gasteiger partial charge >= 0.3 is 0 Å². The van der Waals surface area contributed by atoms with Gasteiger partial charge in [-0.1, -0.05) is 0 Å². The average Bonchev–Trinajstić information content (AvgIpc) is 2.19. The molecule has 0 rings (SSSR count). The van der Waals surface area contributed by atoms with Crippen LogP contribution in [-0.2, 0) is 14.6 Å². The summed E-state index contributed by atoms with van der Waals surface area (Å²) in [5, 5.41) is 3.28. The monoisotopic (exact) mass is 252 g/mol. The molecule has 0 heterocycles. The van der Waals surface area contributed by atoms with Gasteiger partial charge in [0, 0.05) is 19.4 Å². The highest BCUT2D eigenvalue weighted by Gasteiger charge is 2.07. The van der Waals surface area contributed by atoms with Crippen molar-refractivity contribution in [2.24, 2.45) is 5.73 Å². The maximum atomic E-state index is 10.9. The largest absolute Gasteiger partial charge is 0.383 e. The van der Waals surface area contributed by atoms with Crippen LogP contribution in [0.3, 0.4) is 0 Å². The van der Waals surface area contributed by atoms with Gasteiger partial charge in [-0.15, -0.1) is 0 Å². The molecule has 0 aromatic heterocycles. The first-order valence-corrected chi connectivity index (χ1v) is 7.65. The lowest BCUT2D eigenvalue weighted by molar-refractivity contribution is 0.162. The van der Waals surface area contributed by atoms with Crippen molar-refractivity contribution in [1.29, 1.82) is 0 Å². The SMILES string of the molecule is COCC(CCCN)NCCCS(C)(=O)=O. The Hall–Kier alpha value is -0.170. The molecule has 3 N–H and O–H groups in total. The van der Waals surface area contributed by atoms with Crippen LogP contribution < -0.4 is 11.1 Å². The van der Waals surface area contributed by atoms with E-state index in [9.17, 15) is 8.42 Å². The lowest BCUT2D eigenvalue weighted by Crippen LogP contribution is -2.35. The molecule has 0 fully saturated rings. The van der Waals surface area contributed by atoms with E-state index in [1.165, 1.54) is 6.26 Å². The van der Waals surface area contributed by atoms with Crippen molar-refractivity contribution in [3.05, 3.63) is 0 Å². The molecule has 0 aromatic rings. The maximum absolute atomic E-state index is 10.9. The first-order chi connectivity index (χ1) is 7.49. The minimum absolute atomic E-state index is 0.233. The van der Waals surface area contributed by atoms with Crippen molar-refractivity contribution in [3.8, 4) is 0 Å². The Balaban J connectivity index is 3.66. The van der Waals surface area contributed by atoms with Gasteiger partial charge in [0.05, 0.1) is 12.4 Å². The van der Waals surface area contributed by atoms with Crippen LogP contribution in [0.25, 0.3) is 0 Å². The summed E-state index contributed by atoms with van der Waals surface area (Å²) in [6.07, 6.45) is 3.81. The number of methoxy groups -OCH3 is 1. The smallest absolute Gasteiger partial charge is 0.147 e. The van der Waals surface area contributed by atoms with Gasteiger partial charge in [-0.05, 0) is 32.4 Å². The van der Waals surface area contributed by atoms with E-state index >= 15 is 0 Å². The van der Waals surface area contributed by atoms with Crippen LogP contribution in [0.15, 0.2) is 0 Å². The molecule has 0 saturated carbocycles. The number of sulfone groups is 1. The summed E-state index contributed by atoms with van der Waals surface area (Å²) in [6, 6.07) is 0.271. The third kappa shape index (κ3) is 10.4. The van der Waals surface area contributed by atoms with Crippen LogP contribution in [0.5, 0.6) is 0 Å². The van der Waals surface area contributed by atoms with Crippen molar-refractivity contribution in [3.63, 3.8) is 0 Å². The van der Waals surface area contributed by atoms with E-state index in [4.69, 9.17) is 10.5 Å². The number of nitrogens with two attached hydrogens (primary N) is 1. The van der Waals surface area contributed by atoms with Crippen molar-refractivity contribution in [2.45, 2.75) is 25.3 Å². The molecule has 0 spiro atoms. The molecule has 1 unspecified atom stereocenters. The Morgan fingerprint density at radius 1 is 1.38 bits per heavy atom. The molecule has 0 aliphatic carbocycles. The van der Waals surface area contributed by atoms with Gasteiger partial charge in [0.15, 0.2) is 0 Å². The number of ether oxygens (including phenoxy) is 1. The highest BCUT2D eigenvalue weighted by molar-refractivity contribution is 7.90. The fourth-order valence-corrected chi connectivity index (χ4v) is 2.12. The van der Waals surface area contributed by atoms with Crippen molar-refractivity contribution in [2.75, 3.05) is 38.8 Å². The second kappa shape index (κ2) is 8.92. The molecular weight excluding hydrogens is 228 g/mol. The zero-order valence-corrected chi connectivity index (χ0v) is 11.1. The predicted molar refractivity (Wildman–Crippen MR) is 66.3 cm³/mol. The van der Waals surface area contributed by atoms with Crippen LogP contribution in [0, 0.1) is 0 Å². The van der Waals surface area contributed by atoms with Crippen LogP contribution in [0.4, 0.5) is 0 Å².